The van der Waals surface area contributed by atoms with E-state index in [1.165, 1.54) is 13.2 Å². The molecule has 0 aliphatic heterocycles. The van der Waals surface area contributed by atoms with Crippen LogP contribution < -0.4 is 5.73 Å². The van der Waals surface area contributed by atoms with E-state index in [0.717, 1.165) is 0 Å². The van der Waals surface area contributed by atoms with Gasteiger partial charge in [-0.3, -0.25) is 0 Å². The predicted molar refractivity (Wildman–Crippen MR) is 42.8 cm³/mol. The normalized spacial score (nSPS) is 9.50. The first-order valence-corrected chi connectivity index (χ1v) is 3.39. The Morgan fingerprint density at radius 3 is 2.83 bits per heavy atom. The molecule has 5 nitrogen and oxygen atoms in total. The van der Waals surface area contributed by atoms with Crippen LogP contribution in [0.5, 0.6) is 0 Å². The minimum Gasteiger partial charge on any atom is -0.464 e. The summed E-state index contributed by atoms with van der Waals surface area (Å²) in [6.07, 6.45) is 0. The van der Waals surface area contributed by atoms with Gasteiger partial charge in [-0.15, -0.1) is 0 Å². The van der Waals surface area contributed by atoms with E-state index < -0.39 is 5.97 Å². The van der Waals surface area contributed by atoms with Gasteiger partial charge in [0.15, 0.2) is 5.69 Å². The molecule has 0 amide bonds. The van der Waals surface area contributed by atoms with E-state index in [9.17, 15) is 4.79 Å². The third kappa shape index (κ3) is 1.82. The van der Waals surface area contributed by atoms with Gasteiger partial charge in [0, 0.05) is 6.07 Å². The fraction of sp³-hybridized carbons (Fsp3) is 0.167. The second-order valence-corrected chi connectivity index (χ2v) is 2.28. The maximum absolute atomic E-state index is 10.9. The number of nitrogens with two attached hydrogens (primary N) is 1. The molecule has 64 valence electrons. The lowest BCUT2D eigenvalue weighted by Gasteiger charge is -1.98. The van der Waals surface area contributed by atoms with Crippen molar-refractivity contribution in [2.45, 2.75) is 0 Å². The van der Waals surface area contributed by atoms with E-state index in [-0.39, 0.29) is 16.8 Å². The minimum absolute atomic E-state index is 0.0509. The number of anilines is 1. The van der Waals surface area contributed by atoms with Crippen molar-refractivity contribution in [3.8, 4) is 0 Å². The van der Waals surface area contributed by atoms with Crippen LogP contribution in [0.4, 0.5) is 5.82 Å². The van der Waals surface area contributed by atoms with Gasteiger partial charge in [-0.25, -0.2) is 14.8 Å². The molecule has 0 radical (unpaired) electrons. The molecule has 0 unspecified atom stereocenters. The second kappa shape index (κ2) is 3.36. The molecular formula is C6H6ClN3O2. The maximum atomic E-state index is 10.9. The Balaban J connectivity index is 3.08. The monoisotopic (exact) mass is 187 g/mol. The van der Waals surface area contributed by atoms with Crippen molar-refractivity contribution in [2.24, 2.45) is 0 Å². The number of carbonyl (C=O) groups excluding carboxylic acids is 1. The summed E-state index contributed by atoms with van der Waals surface area (Å²) in [4.78, 5) is 18.1. The Morgan fingerprint density at radius 1 is 1.67 bits per heavy atom. The summed E-state index contributed by atoms with van der Waals surface area (Å²) in [6.45, 7) is 0. The number of hydrogen-bond acceptors (Lipinski definition) is 5. The molecule has 0 saturated carbocycles. The average molecular weight is 188 g/mol. The van der Waals surface area contributed by atoms with E-state index in [0.29, 0.717) is 0 Å². The number of halogens is 1. The molecule has 1 aromatic heterocycles. The summed E-state index contributed by atoms with van der Waals surface area (Å²) in [6, 6.07) is 1.29. The quantitative estimate of drug-likeness (QED) is 0.512. The molecule has 0 aliphatic rings. The summed E-state index contributed by atoms with van der Waals surface area (Å²) >= 11 is 5.44. The first kappa shape index (κ1) is 8.73. The van der Waals surface area contributed by atoms with Gasteiger partial charge in [0.25, 0.3) is 0 Å². The Hall–Kier alpha value is -1.36. The van der Waals surface area contributed by atoms with E-state index in [4.69, 9.17) is 17.3 Å². The lowest BCUT2D eigenvalue weighted by molar-refractivity contribution is 0.0594. The molecule has 0 atom stereocenters. The summed E-state index contributed by atoms with van der Waals surface area (Å²) < 4.78 is 4.40. The molecule has 0 bridgehead atoms. The molecule has 0 aliphatic carbocycles. The lowest BCUT2D eigenvalue weighted by Crippen LogP contribution is -2.06. The highest BCUT2D eigenvalue weighted by molar-refractivity contribution is 6.28. The maximum Gasteiger partial charge on any atom is 0.356 e. The van der Waals surface area contributed by atoms with Crippen LogP contribution in [0.2, 0.25) is 5.28 Å². The van der Waals surface area contributed by atoms with Crippen LogP contribution >= 0.6 is 11.6 Å². The molecule has 1 heterocycles. The van der Waals surface area contributed by atoms with E-state index in [1.807, 2.05) is 0 Å². The zero-order valence-electron chi connectivity index (χ0n) is 6.24. The highest BCUT2D eigenvalue weighted by Crippen LogP contribution is 2.07. The highest BCUT2D eigenvalue weighted by Gasteiger charge is 2.09. The molecular weight excluding hydrogens is 182 g/mol. The van der Waals surface area contributed by atoms with Gasteiger partial charge in [0.2, 0.25) is 5.28 Å². The van der Waals surface area contributed by atoms with E-state index in [1.54, 1.807) is 0 Å². The third-order valence-electron chi connectivity index (χ3n) is 1.11. The van der Waals surface area contributed by atoms with E-state index in [2.05, 4.69) is 14.7 Å². The van der Waals surface area contributed by atoms with Gasteiger partial charge in [-0.2, -0.15) is 0 Å². The number of nitrogen functional groups attached to an aromatic ring is 1. The van der Waals surface area contributed by atoms with Crippen LogP contribution in [0, 0.1) is 0 Å². The van der Waals surface area contributed by atoms with Crippen molar-refractivity contribution < 1.29 is 9.53 Å². The lowest BCUT2D eigenvalue weighted by atomic mass is 10.4. The fourth-order valence-electron chi connectivity index (χ4n) is 0.645. The number of nitrogens with zero attached hydrogens (tertiary/aromatic N) is 2. The molecule has 2 N–H and O–H groups in total. The third-order valence-corrected chi connectivity index (χ3v) is 1.28. The Bertz CT molecular complexity index is 295. The zero-order chi connectivity index (χ0) is 9.14. The minimum atomic E-state index is -0.592. The standard InChI is InChI=1S/C6H6ClN3O2/c1-12-5(11)3-2-4(8)10-6(7)9-3/h2H,1H3,(H2,8,9,10). The molecule has 0 spiro atoms. The summed E-state index contributed by atoms with van der Waals surface area (Å²) in [5, 5.41) is -0.0737. The number of hydrogen-bond donors (Lipinski definition) is 1. The van der Waals surface area contributed by atoms with E-state index >= 15 is 0 Å². The summed E-state index contributed by atoms with van der Waals surface area (Å²) in [5.74, 6) is -0.457. The van der Waals surface area contributed by atoms with Crippen molar-refractivity contribution in [2.75, 3.05) is 12.8 Å². The van der Waals surface area contributed by atoms with Crippen LogP contribution in [-0.4, -0.2) is 23.0 Å². The molecule has 6 heteroatoms. The van der Waals surface area contributed by atoms with Crippen molar-refractivity contribution >= 4 is 23.4 Å². The second-order valence-electron chi connectivity index (χ2n) is 1.94. The number of rotatable bonds is 1. The first-order valence-electron chi connectivity index (χ1n) is 3.02. The van der Waals surface area contributed by atoms with Crippen molar-refractivity contribution in [3.05, 3.63) is 17.0 Å². The fourth-order valence-corrected chi connectivity index (χ4v) is 0.833. The van der Waals surface area contributed by atoms with Gasteiger partial charge in [-0.05, 0) is 11.6 Å². The highest BCUT2D eigenvalue weighted by atomic mass is 35.5. The largest absolute Gasteiger partial charge is 0.464 e. The van der Waals surface area contributed by atoms with Gasteiger partial charge in [-0.1, -0.05) is 0 Å². The summed E-state index contributed by atoms with van der Waals surface area (Å²) in [5.41, 5.74) is 5.36. The summed E-state index contributed by atoms with van der Waals surface area (Å²) in [7, 11) is 1.24. The zero-order valence-corrected chi connectivity index (χ0v) is 7.00. The van der Waals surface area contributed by atoms with Crippen LogP contribution in [0.1, 0.15) is 10.5 Å². The van der Waals surface area contributed by atoms with Crippen molar-refractivity contribution in [3.63, 3.8) is 0 Å². The number of aromatic nitrogens is 2. The molecule has 1 rings (SSSR count). The smallest absolute Gasteiger partial charge is 0.356 e. The Kier molecular flexibility index (Phi) is 2.44. The van der Waals surface area contributed by atoms with Gasteiger partial charge in [0.1, 0.15) is 5.82 Å². The van der Waals surface area contributed by atoms with Gasteiger partial charge < -0.3 is 10.5 Å². The molecule has 1 aromatic rings. The number of methoxy groups -OCH3 is 1. The Morgan fingerprint density at radius 2 is 2.33 bits per heavy atom. The average Bonchev–Trinajstić information content (AvgIpc) is 2.01. The topological polar surface area (TPSA) is 78.1 Å². The van der Waals surface area contributed by atoms with Crippen LogP contribution in [0.25, 0.3) is 0 Å². The van der Waals surface area contributed by atoms with Crippen molar-refractivity contribution in [1.29, 1.82) is 0 Å². The predicted octanol–water partition coefficient (Wildman–Crippen LogP) is 0.499. The van der Waals surface area contributed by atoms with Crippen LogP contribution in [0.15, 0.2) is 6.07 Å². The molecule has 0 saturated heterocycles. The van der Waals surface area contributed by atoms with Crippen LogP contribution in [0.3, 0.4) is 0 Å². The van der Waals surface area contributed by atoms with Gasteiger partial charge >= 0.3 is 5.97 Å². The molecule has 0 fully saturated rings. The number of esters is 1. The SMILES string of the molecule is COC(=O)c1cc(N)nc(Cl)n1. The molecule has 12 heavy (non-hydrogen) atoms. The number of carbonyl (C=O) groups is 1. The van der Waals surface area contributed by atoms with Crippen molar-refractivity contribution in [1.82, 2.24) is 9.97 Å². The molecule has 0 aromatic carbocycles. The first-order chi connectivity index (χ1) is 5.63. The number of ether oxygens (including phenoxy) is 1. The Labute approximate surface area is 73.5 Å². The van der Waals surface area contributed by atoms with Gasteiger partial charge in [0.05, 0.1) is 7.11 Å². The van der Waals surface area contributed by atoms with Crippen LogP contribution in [-0.2, 0) is 4.74 Å².